The van der Waals surface area contributed by atoms with Crippen LogP contribution >= 0.6 is 0 Å². The van der Waals surface area contributed by atoms with Gasteiger partial charge in [-0.3, -0.25) is 4.79 Å². The van der Waals surface area contributed by atoms with Crippen molar-refractivity contribution in [3.8, 4) is 5.75 Å². The molecule has 1 heterocycles. The van der Waals surface area contributed by atoms with Gasteiger partial charge in [0.2, 0.25) is 0 Å². The predicted octanol–water partition coefficient (Wildman–Crippen LogP) is 5.38. The van der Waals surface area contributed by atoms with Gasteiger partial charge in [0.1, 0.15) is 12.4 Å². The van der Waals surface area contributed by atoms with Crippen LogP contribution in [-0.2, 0) is 11.4 Å². The highest BCUT2D eigenvalue weighted by Crippen LogP contribution is 2.27. The number of carbonyl (C=O) groups excluding carboxylic acids is 1. The Morgan fingerprint density at radius 2 is 1.59 bits per heavy atom. The largest absolute Gasteiger partial charge is 0.489 e. The van der Waals surface area contributed by atoms with Crippen molar-refractivity contribution in [3.63, 3.8) is 0 Å². The second-order valence-electron chi connectivity index (χ2n) is 6.99. The number of anilines is 1. The van der Waals surface area contributed by atoms with E-state index in [-0.39, 0.29) is 5.91 Å². The molecule has 0 atom stereocenters. The minimum Gasteiger partial charge on any atom is -0.489 e. The van der Waals surface area contributed by atoms with E-state index in [0.717, 1.165) is 28.1 Å². The Labute approximate surface area is 170 Å². The Balaban J connectivity index is 1.48. The van der Waals surface area contributed by atoms with Gasteiger partial charge in [-0.15, -0.1) is 0 Å². The number of ether oxygens (including phenoxy) is 1. The van der Waals surface area contributed by atoms with Crippen molar-refractivity contribution in [1.82, 2.24) is 0 Å². The van der Waals surface area contributed by atoms with Crippen LogP contribution in [0.25, 0.3) is 6.08 Å². The molecule has 3 aromatic carbocycles. The molecule has 1 aliphatic heterocycles. The average Bonchev–Trinajstić information content (AvgIpc) is 3.02. The summed E-state index contributed by atoms with van der Waals surface area (Å²) in [6, 6.07) is 25.5. The molecular formula is C25H22N2O2. The number of nitrogens with zero attached hydrogens (tertiary/aromatic N) is 2. The van der Waals surface area contributed by atoms with E-state index in [4.69, 9.17) is 4.74 Å². The second kappa shape index (κ2) is 8.15. The van der Waals surface area contributed by atoms with Crippen molar-refractivity contribution >= 4 is 23.4 Å². The fraction of sp³-hybridized carbons (Fsp3) is 0.120. The summed E-state index contributed by atoms with van der Waals surface area (Å²) in [4.78, 5) is 12.9. The molecule has 0 unspecified atom stereocenters. The number of hydrogen-bond acceptors (Lipinski definition) is 3. The molecule has 0 saturated carbocycles. The number of benzene rings is 3. The minimum absolute atomic E-state index is 0.110. The van der Waals surface area contributed by atoms with Gasteiger partial charge in [0.05, 0.1) is 17.0 Å². The monoisotopic (exact) mass is 382 g/mol. The fourth-order valence-electron chi connectivity index (χ4n) is 3.22. The highest BCUT2D eigenvalue weighted by molar-refractivity contribution is 6.32. The normalized spacial score (nSPS) is 15.0. The predicted molar refractivity (Wildman–Crippen MR) is 117 cm³/mol. The first-order chi connectivity index (χ1) is 14.1. The molecule has 0 bridgehead atoms. The molecule has 4 heteroatoms. The second-order valence-corrected chi connectivity index (χ2v) is 6.99. The number of carbonyl (C=O) groups is 1. The third-order valence-electron chi connectivity index (χ3n) is 4.85. The maximum atomic E-state index is 12.9. The van der Waals surface area contributed by atoms with Crippen LogP contribution in [0.5, 0.6) is 5.75 Å². The number of para-hydroxylation sites is 1. The van der Waals surface area contributed by atoms with E-state index in [9.17, 15) is 4.79 Å². The van der Waals surface area contributed by atoms with Crippen molar-refractivity contribution in [2.75, 3.05) is 5.01 Å². The van der Waals surface area contributed by atoms with Crippen molar-refractivity contribution < 1.29 is 9.53 Å². The van der Waals surface area contributed by atoms with Crippen LogP contribution in [0, 0.1) is 6.92 Å². The zero-order valence-electron chi connectivity index (χ0n) is 16.5. The van der Waals surface area contributed by atoms with E-state index in [1.54, 1.807) is 0 Å². The Kier molecular flexibility index (Phi) is 5.25. The van der Waals surface area contributed by atoms with Crippen LogP contribution in [0.1, 0.15) is 23.6 Å². The van der Waals surface area contributed by atoms with Crippen LogP contribution < -0.4 is 9.75 Å². The molecule has 1 amide bonds. The summed E-state index contributed by atoms with van der Waals surface area (Å²) in [5, 5.41) is 5.95. The third-order valence-corrected chi connectivity index (χ3v) is 4.85. The molecule has 0 radical (unpaired) electrons. The van der Waals surface area contributed by atoms with Crippen molar-refractivity contribution in [2.45, 2.75) is 20.5 Å². The third kappa shape index (κ3) is 4.11. The molecule has 29 heavy (non-hydrogen) atoms. The first-order valence-electron chi connectivity index (χ1n) is 9.56. The SMILES string of the molecule is CC1=NN(c2ccccc2C)C(=O)/C1=C/c1ccc(OCc2ccccc2)cc1. The number of hydrazone groups is 1. The van der Waals surface area contributed by atoms with Crippen LogP contribution in [0.3, 0.4) is 0 Å². The van der Waals surface area contributed by atoms with Crippen LogP contribution in [-0.4, -0.2) is 11.6 Å². The van der Waals surface area contributed by atoms with Gasteiger partial charge < -0.3 is 4.74 Å². The maximum absolute atomic E-state index is 12.9. The van der Waals surface area contributed by atoms with Gasteiger partial charge in [0.25, 0.3) is 5.91 Å². The van der Waals surface area contributed by atoms with Crippen LogP contribution in [0.4, 0.5) is 5.69 Å². The summed E-state index contributed by atoms with van der Waals surface area (Å²) in [5.41, 5.74) is 5.19. The van der Waals surface area contributed by atoms with Gasteiger partial charge in [0.15, 0.2) is 0 Å². The Morgan fingerprint density at radius 1 is 0.897 bits per heavy atom. The first-order valence-corrected chi connectivity index (χ1v) is 9.56. The lowest BCUT2D eigenvalue weighted by Crippen LogP contribution is -2.22. The molecule has 0 spiro atoms. The van der Waals surface area contributed by atoms with Gasteiger partial charge in [0, 0.05) is 0 Å². The smallest absolute Gasteiger partial charge is 0.280 e. The Bertz CT molecular complexity index is 1080. The first kappa shape index (κ1) is 18.7. The number of amides is 1. The maximum Gasteiger partial charge on any atom is 0.280 e. The van der Waals surface area contributed by atoms with Crippen LogP contribution in [0.2, 0.25) is 0 Å². The molecule has 0 fully saturated rings. The average molecular weight is 382 g/mol. The minimum atomic E-state index is -0.110. The number of hydrogen-bond donors (Lipinski definition) is 0. The van der Waals surface area contributed by atoms with E-state index in [0.29, 0.717) is 17.9 Å². The number of aryl methyl sites for hydroxylation is 1. The zero-order valence-corrected chi connectivity index (χ0v) is 16.5. The van der Waals surface area contributed by atoms with Gasteiger partial charge >= 0.3 is 0 Å². The molecule has 144 valence electrons. The van der Waals surface area contributed by atoms with Gasteiger partial charge in [-0.2, -0.15) is 10.1 Å². The summed E-state index contributed by atoms with van der Waals surface area (Å²) >= 11 is 0. The highest BCUT2D eigenvalue weighted by Gasteiger charge is 2.29. The van der Waals surface area contributed by atoms with E-state index in [1.165, 1.54) is 5.01 Å². The van der Waals surface area contributed by atoms with Crippen molar-refractivity contribution in [2.24, 2.45) is 5.10 Å². The fourth-order valence-corrected chi connectivity index (χ4v) is 3.22. The van der Waals surface area contributed by atoms with E-state index in [1.807, 2.05) is 98.8 Å². The molecule has 3 aromatic rings. The quantitative estimate of drug-likeness (QED) is 0.556. The lowest BCUT2D eigenvalue weighted by Gasteiger charge is -2.14. The van der Waals surface area contributed by atoms with Gasteiger partial charge in [-0.25, -0.2) is 0 Å². The summed E-state index contributed by atoms with van der Waals surface area (Å²) in [7, 11) is 0. The van der Waals surface area contributed by atoms with Crippen molar-refractivity contribution in [3.05, 3.63) is 101 Å². The standard InChI is InChI=1S/C25H22N2O2/c1-18-8-6-7-11-24(18)27-25(28)23(19(2)26-27)16-20-12-14-22(15-13-20)29-17-21-9-4-3-5-10-21/h3-16H,17H2,1-2H3/b23-16+. The molecule has 1 aliphatic rings. The van der Waals surface area contributed by atoms with Gasteiger partial charge in [-0.1, -0.05) is 60.7 Å². The van der Waals surface area contributed by atoms with E-state index >= 15 is 0 Å². The molecule has 0 saturated heterocycles. The van der Waals surface area contributed by atoms with Gasteiger partial charge in [-0.05, 0) is 54.8 Å². The van der Waals surface area contributed by atoms with Crippen LogP contribution in [0.15, 0.2) is 89.5 Å². The molecular weight excluding hydrogens is 360 g/mol. The molecule has 4 rings (SSSR count). The lowest BCUT2D eigenvalue weighted by atomic mass is 10.1. The summed E-state index contributed by atoms with van der Waals surface area (Å²) in [5.74, 6) is 0.682. The molecule has 0 N–H and O–H groups in total. The highest BCUT2D eigenvalue weighted by atomic mass is 16.5. The Morgan fingerprint density at radius 3 is 2.31 bits per heavy atom. The van der Waals surface area contributed by atoms with Crippen molar-refractivity contribution in [1.29, 1.82) is 0 Å². The lowest BCUT2D eigenvalue weighted by molar-refractivity contribution is -0.114. The topological polar surface area (TPSA) is 41.9 Å². The van der Waals surface area contributed by atoms with E-state index in [2.05, 4.69) is 5.10 Å². The summed E-state index contributed by atoms with van der Waals surface area (Å²) in [6.07, 6.45) is 1.88. The summed E-state index contributed by atoms with van der Waals surface area (Å²) in [6.45, 7) is 4.36. The zero-order chi connectivity index (χ0) is 20.2. The summed E-state index contributed by atoms with van der Waals surface area (Å²) < 4.78 is 5.83. The van der Waals surface area contributed by atoms with E-state index < -0.39 is 0 Å². The molecule has 0 aromatic heterocycles. The number of rotatable bonds is 5. The Hall–Kier alpha value is -3.66. The molecule has 0 aliphatic carbocycles. The molecule has 4 nitrogen and oxygen atoms in total.